The van der Waals surface area contributed by atoms with Crippen molar-refractivity contribution in [3.05, 3.63) is 54.2 Å². The minimum atomic E-state index is -0.171. The topological polar surface area (TPSA) is 70.2 Å². The second-order valence-corrected chi connectivity index (χ2v) is 13.4. The van der Waals surface area contributed by atoms with Crippen molar-refractivity contribution < 1.29 is 14.3 Å². The highest BCUT2D eigenvalue weighted by Crippen LogP contribution is 2.41. The smallest absolute Gasteiger partial charge is 0.410 e. The maximum absolute atomic E-state index is 12.5. The van der Waals surface area contributed by atoms with Gasteiger partial charge in [-0.15, -0.1) is 12.4 Å². The highest BCUT2D eigenvalue weighted by atomic mass is 35.5. The number of carbonyl (C=O) groups is 1. The number of amides is 1. The molecule has 4 saturated heterocycles. The average Bonchev–Trinajstić information content (AvgIpc) is 3.27. The standard InChI is InChI=1S/C34H47N5O3.ClH/c40-34(41-24-26-4-2-1-3-5-26)38-16-9-25(10-17-38)23-37-14-11-27(12-15-37)28-18-32(19-28)42-33-20-29(8-13-36-33)39-30-6-7-31(39)22-35-21-30;/h1-5,8,13,20,25,27-28,30-32,35H,6-7,9-12,14-19,21-24H2;1H/t28?,30-,31-,32?;/m1./s1. The predicted molar refractivity (Wildman–Crippen MR) is 171 cm³/mol. The molecule has 5 heterocycles. The summed E-state index contributed by atoms with van der Waals surface area (Å²) in [5.41, 5.74) is 2.32. The zero-order valence-electron chi connectivity index (χ0n) is 25.3. The van der Waals surface area contributed by atoms with E-state index in [2.05, 4.69) is 32.2 Å². The van der Waals surface area contributed by atoms with Crippen molar-refractivity contribution in [1.29, 1.82) is 0 Å². The Hall–Kier alpha value is -2.55. The Morgan fingerprint density at radius 1 is 0.884 bits per heavy atom. The van der Waals surface area contributed by atoms with Crippen LogP contribution in [-0.2, 0) is 11.3 Å². The zero-order chi connectivity index (χ0) is 28.3. The monoisotopic (exact) mass is 609 g/mol. The number of ether oxygens (including phenoxy) is 2. The average molecular weight is 610 g/mol. The van der Waals surface area contributed by atoms with Gasteiger partial charge in [-0.05, 0) is 93.8 Å². The third-order valence-corrected chi connectivity index (χ3v) is 10.7. The van der Waals surface area contributed by atoms with Crippen LogP contribution in [0.25, 0.3) is 0 Å². The lowest BCUT2D eigenvalue weighted by Gasteiger charge is -2.44. The third kappa shape index (κ3) is 7.23. The van der Waals surface area contributed by atoms with Gasteiger partial charge in [0.25, 0.3) is 0 Å². The van der Waals surface area contributed by atoms with Crippen molar-refractivity contribution in [2.75, 3.05) is 50.7 Å². The minimum absolute atomic E-state index is 0. The molecule has 1 N–H and O–H groups in total. The van der Waals surface area contributed by atoms with E-state index < -0.39 is 0 Å². The summed E-state index contributed by atoms with van der Waals surface area (Å²) in [5, 5.41) is 3.58. The van der Waals surface area contributed by atoms with Gasteiger partial charge in [0.1, 0.15) is 12.7 Å². The van der Waals surface area contributed by atoms with Gasteiger partial charge in [0.2, 0.25) is 5.88 Å². The lowest BCUT2D eigenvalue weighted by Crippen LogP contribution is -2.52. The van der Waals surface area contributed by atoms with Crippen molar-refractivity contribution in [2.24, 2.45) is 17.8 Å². The van der Waals surface area contributed by atoms with Crippen LogP contribution in [0.5, 0.6) is 5.88 Å². The van der Waals surface area contributed by atoms with Gasteiger partial charge in [-0.25, -0.2) is 9.78 Å². The number of aromatic nitrogens is 1. The van der Waals surface area contributed by atoms with Crippen LogP contribution in [-0.4, -0.2) is 84.9 Å². The molecule has 1 saturated carbocycles. The summed E-state index contributed by atoms with van der Waals surface area (Å²) in [4.78, 5) is 24.2. The molecule has 234 valence electrons. The molecule has 2 aromatic rings. The molecule has 5 fully saturated rings. The normalized spacial score (nSPS) is 28.2. The van der Waals surface area contributed by atoms with E-state index in [1.54, 1.807) is 0 Å². The quantitative estimate of drug-likeness (QED) is 0.432. The number of carbonyl (C=O) groups excluding carboxylic acids is 1. The van der Waals surface area contributed by atoms with Gasteiger partial charge in [0, 0.05) is 62.8 Å². The zero-order valence-corrected chi connectivity index (χ0v) is 26.1. The Bertz CT molecular complexity index is 1170. The van der Waals surface area contributed by atoms with Crippen LogP contribution in [0.3, 0.4) is 0 Å². The minimum Gasteiger partial charge on any atom is -0.474 e. The number of nitrogens with zero attached hydrogens (tertiary/aromatic N) is 4. The molecular weight excluding hydrogens is 562 g/mol. The lowest BCUT2D eigenvalue weighted by molar-refractivity contribution is 0.00674. The van der Waals surface area contributed by atoms with Gasteiger partial charge in [-0.1, -0.05) is 30.3 Å². The lowest BCUT2D eigenvalue weighted by atomic mass is 9.70. The molecule has 1 aromatic carbocycles. The maximum Gasteiger partial charge on any atom is 0.410 e. The van der Waals surface area contributed by atoms with Gasteiger partial charge < -0.3 is 29.5 Å². The van der Waals surface area contributed by atoms with Crippen LogP contribution in [0.4, 0.5) is 10.5 Å². The number of hydrogen-bond donors (Lipinski definition) is 1. The Kier molecular flexibility index (Phi) is 9.95. The summed E-state index contributed by atoms with van der Waals surface area (Å²) < 4.78 is 11.9. The van der Waals surface area contributed by atoms with E-state index in [0.29, 0.717) is 30.7 Å². The number of fused-ring (bicyclic) bond motifs is 2. The molecular formula is C34H48ClN5O3. The number of nitrogens with one attached hydrogen (secondary N) is 1. The first-order chi connectivity index (χ1) is 20.7. The van der Waals surface area contributed by atoms with Crippen molar-refractivity contribution in [3.63, 3.8) is 0 Å². The maximum atomic E-state index is 12.5. The fourth-order valence-corrected chi connectivity index (χ4v) is 8.16. The molecule has 9 heteroatoms. The molecule has 1 amide bonds. The van der Waals surface area contributed by atoms with Crippen LogP contribution >= 0.6 is 12.4 Å². The number of piperazine rings is 1. The number of benzene rings is 1. The molecule has 43 heavy (non-hydrogen) atoms. The Balaban J connectivity index is 0.00000329. The summed E-state index contributed by atoms with van der Waals surface area (Å²) in [6.45, 7) is 7.74. The van der Waals surface area contributed by atoms with Crippen molar-refractivity contribution >= 4 is 24.2 Å². The second kappa shape index (κ2) is 14.0. The van der Waals surface area contributed by atoms with Crippen molar-refractivity contribution in [2.45, 2.75) is 76.2 Å². The van der Waals surface area contributed by atoms with Crippen LogP contribution < -0.4 is 15.0 Å². The number of pyridine rings is 1. The third-order valence-electron chi connectivity index (χ3n) is 10.7. The number of rotatable bonds is 8. The summed E-state index contributed by atoms with van der Waals surface area (Å²) >= 11 is 0. The first-order valence-electron chi connectivity index (χ1n) is 16.5. The number of likely N-dealkylation sites (tertiary alicyclic amines) is 2. The molecule has 2 atom stereocenters. The molecule has 1 aliphatic carbocycles. The van der Waals surface area contributed by atoms with Crippen molar-refractivity contribution in [3.8, 4) is 5.88 Å². The van der Waals surface area contributed by atoms with E-state index in [9.17, 15) is 4.79 Å². The fraction of sp³-hybridized carbons (Fsp3) is 0.647. The van der Waals surface area contributed by atoms with E-state index in [0.717, 1.165) is 62.3 Å². The highest BCUT2D eigenvalue weighted by Gasteiger charge is 2.39. The summed E-state index contributed by atoms with van der Waals surface area (Å²) in [6, 6.07) is 15.5. The van der Waals surface area contributed by atoms with Gasteiger partial charge >= 0.3 is 6.09 Å². The van der Waals surface area contributed by atoms with Crippen LogP contribution in [0.1, 0.15) is 56.9 Å². The Morgan fingerprint density at radius 3 is 2.33 bits per heavy atom. The van der Waals surface area contributed by atoms with E-state index in [1.807, 2.05) is 41.4 Å². The van der Waals surface area contributed by atoms with Crippen molar-refractivity contribution in [1.82, 2.24) is 20.1 Å². The van der Waals surface area contributed by atoms with Gasteiger partial charge in [0.05, 0.1) is 0 Å². The van der Waals surface area contributed by atoms with Gasteiger partial charge in [-0.3, -0.25) is 0 Å². The Labute approximate surface area is 262 Å². The van der Waals surface area contributed by atoms with E-state index >= 15 is 0 Å². The molecule has 8 nitrogen and oxygen atoms in total. The SMILES string of the molecule is Cl.O=C(OCc1ccccc1)N1CCC(CN2CCC(C3CC(Oc4cc(N5[C@@H]6CC[C@@H]5CNC6)ccn4)C3)CC2)CC1. The number of hydrogen-bond acceptors (Lipinski definition) is 7. The number of piperidine rings is 2. The van der Waals surface area contributed by atoms with Gasteiger partial charge in [-0.2, -0.15) is 0 Å². The first-order valence-corrected chi connectivity index (χ1v) is 16.5. The summed E-state index contributed by atoms with van der Waals surface area (Å²) in [6.07, 6.45) is 11.8. The molecule has 5 aliphatic rings. The number of anilines is 1. The molecule has 0 spiro atoms. The van der Waals surface area contributed by atoms with E-state index in [4.69, 9.17) is 9.47 Å². The molecule has 0 radical (unpaired) electrons. The molecule has 0 unspecified atom stereocenters. The van der Waals surface area contributed by atoms with Crippen LogP contribution in [0, 0.1) is 17.8 Å². The highest BCUT2D eigenvalue weighted by molar-refractivity contribution is 5.85. The van der Waals surface area contributed by atoms with Crippen LogP contribution in [0.2, 0.25) is 0 Å². The largest absolute Gasteiger partial charge is 0.474 e. The second-order valence-electron chi connectivity index (χ2n) is 13.4. The Morgan fingerprint density at radius 2 is 1.60 bits per heavy atom. The number of halogens is 1. The molecule has 2 bridgehead atoms. The molecule has 1 aromatic heterocycles. The molecule has 4 aliphatic heterocycles. The van der Waals surface area contributed by atoms with E-state index in [1.165, 1.54) is 63.8 Å². The van der Waals surface area contributed by atoms with Gasteiger partial charge in [0.15, 0.2) is 0 Å². The summed E-state index contributed by atoms with van der Waals surface area (Å²) in [7, 11) is 0. The van der Waals surface area contributed by atoms with Crippen LogP contribution in [0.15, 0.2) is 48.7 Å². The molecule has 7 rings (SSSR count). The fourth-order valence-electron chi connectivity index (χ4n) is 8.16. The predicted octanol–water partition coefficient (Wildman–Crippen LogP) is 5.36. The summed E-state index contributed by atoms with van der Waals surface area (Å²) in [5.74, 6) is 3.12. The first kappa shape index (κ1) is 30.5. The van der Waals surface area contributed by atoms with E-state index in [-0.39, 0.29) is 18.5 Å².